The lowest BCUT2D eigenvalue weighted by Gasteiger charge is -2.12. The van der Waals surface area contributed by atoms with Crippen molar-refractivity contribution in [3.05, 3.63) is 46.6 Å². The Hall–Kier alpha value is -2.25. The number of nitrogens with one attached hydrogen (secondary N) is 1. The summed E-state index contributed by atoms with van der Waals surface area (Å²) in [7, 11) is 0. The first-order valence-corrected chi connectivity index (χ1v) is 7.00. The van der Waals surface area contributed by atoms with Crippen LogP contribution in [0.4, 0.5) is 5.00 Å². The van der Waals surface area contributed by atoms with Gasteiger partial charge < -0.3 is 16.2 Å². The molecule has 0 aliphatic rings. The van der Waals surface area contributed by atoms with Gasteiger partial charge in [0.25, 0.3) is 0 Å². The molecule has 2 rings (SSSR count). The van der Waals surface area contributed by atoms with E-state index in [1.165, 1.54) is 0 Å². The van der Waals surface area contributed by atoms with Crippen molar-refractivity contribution in [3.63, 3.8) is 0 Å². The second-order valence-corrected chi connectivity index (χ2v) is 5.43. The minimum Gasteiger partial charge on any atom is -0.478 e. The van der Waals surface area contributed by atoms with Gasteiger partial charge in [-0.15, -0.1) is 0 Å². The summed E-state index contributed by atoms with van der Waals surface area (Å²) in [6, 6.07) is 6.41. The molecule has 7 heteroatoms. The molecule has 0 saturated carbocycles. The third kappa shape index (κ3) is 3.26. The molecule has 4 N–H and O–H groups in total. The first-order valence-electron chi connectivity index (χ1n) is 6.22. The lowest BCUT2D eigenvalue weighted by Crippen LogP contribution is -2.28. The highest BCUT2D eigenvalue weighted by molar-refractivity contribution is 7.11. The zero-order valence-electron chi connectivity index (χ0n) is 11.6. The van der Waals surface area contributed by atoms with Gasteiger partial charge in [-0.1, -0.05) is 29.8 Å². The van der Waals surface area contributed by atoms with Gasteiger partial charge in [-0.05, 0) is 30.9 Å². The van der Waals surface area contributed by atoms with Crippen molar-refractivity contribution in [1.29, 1.82) is 0 Å². The van der Waals surface area contributed by atoms with Gasteiger partial charge in [-0.3, -0.25) is 4.79 Å². The van der Waals surface area contributed by atoms with Crippen LogP contribution >= 0.6 is 11.5 Å². The Morgan fingerprint density at radius 1 is 1.29 bits per heavy atom. The maximum Gasteiger partial charge on any atom is 0.340 e. The van der Waals surface area contributed by atoms with Crippen LogP contribution in [-0.2, 0) is 4.79 Å². The number of amides is 1. The second-order valence-electron chi connectivity index (χ2n) is 4.65. The van der Waals surface area contributed by atoms with Crippen molar-refractivity contribution in [3.8, 4) is 0 Å². The van der Waals surface area contributed by atoms with Gasteiger partial charge in [-0.2, -0.15) is 4.37 Å². The number of hydrogen-bond acceptors (Lipinski definition) is 5. The van der Waals surface area contributed by atoms with E-state index in [1.54, 1.807) is 19.1 Å². The molecule has 0 radical (unpaired) electrons. The molecule has 0 aliphatic carbocycles. The summed E-state index contributed by atoms with van der Waals surface area (Å²) < 4.78 is 3.94. The van der Waals surface area contributed by atoms with E-state index >= 15 is 0 Å². The molecule has 1 atom stereocenters. The number of carboxylic acid groups (broad SMARTS) is 1. The number of aryl methyl sites for hydroxylation is 2. The summed E-state index contributed by atoms with van der Waals surface area (Å²) in [4.78, 5) is 23.3. The molecule has 1 amide bonds. The molecule has 0 spiro atoms. The Labute approximate surface area is 125 Å². The molecule has 2 aromatic rings. The Bertz CT molecular complexity index is 679. The molecule has 1 heterocycles. The summed E-state index contributed by atoms with van der Waals surface area (Å²) in [5.74, 6) is -1.59. The minimum atomic E-state index is -1.12. The van der Waals surface area contributed by atoms with Crippen molar-refractivity contribution in [2.24, 2.45) is 5.73 Å². The summed E-state index contributed by atoms with van der Waals surface area (Å²) in [5, 5.41) is 11.9. The molecule has 6 nitrogen and oxygen atoms in total. The highest BCUT2D eigenvalue weighted by Crippen LogP contribution is 2.25. The van der Waals surface area contributed by atoms with E-state index < -0.39 is 17.9 Å². The van der Waals surface area contributed by atoms with E-state index in [0.29, 0.717) is 11.3 Å². The Balaban J connectivity index is 2.18. The zero-order valence-corrected chi connectivity index (χ0v) is 12.4. The van der Waals surface area contributed by atoms with Gasteiger partial charge in [0.15, 0.2) is 0 Å². The molecule has 0 saturated heterocycles. The summed E-state index contributed by atoms with van der Waals surface area (Å²) in [5.41, 5.74) is 8.00. The van der Waals surface area contributed by atoms with Crippen LogP contribution in [0, 0.1) is 13.8 Å². The van der Waals surface area contributed by atoms with E-state index in [9.17, 15) is 9.59 Å². The molecule has 0 aliphatic heterocycles. The number of nitrogens with zero attached hydrogens (tertiary/aromatic N) is 1. The first kappa shape index (κ1) is 15.1. The molecule has 1 aromatic heterocycles. The van der Waals surface area contributed by atoms with Crippen molar-refractivity contribution >= 4 is 28.4 Å². The predicted molar refractivity (Wildman–Crippen MR) is 80.5 cm³/mol. The number of benzene rings is 1. The predicted octanol–water partition coefficient (Wildman–Crippen LogP) is 2.10. The zero-order chi connectivity index (χ0) is 15.6. The quantitative estimate of drug-likeness (QED) is 0.802. The average Bonchev–Trinajstić information content (AvgIpc) is 2.79. The fraction of sp³-hybridized carbons (Fsp3) is 0.214. The monoisotopic (exact) mass is 305 g/mol. The van der Waals surface area contributed by atoms with Gasteiger partial charge in [0.2, 0.25) is 5.91 Å². The van der Waals surface area contributed by atoms with Crippen LogP contribution in [-0.4, -0.2) is 21.4 Å². The largest absolute Gasteiger partial charge is 0.478 e. The first-order chi connectivity index (χ1) is 9.90. The van der Waals surface area contributed by atoms with E-state index in [4.69, 9.17) is 10.8 Å². The number of aromatic nitrogens is 1. The number of rotatable bonds is 4. The van der Waals surface area contributed by atoms with Crippen LogP contribution in [0.3, 0.4) is 0 Å². The van der Waals surface area contributed by atoms with Crippen molar-refractivity contribution < 1.29 is 14.7 Å². The number of carboxylic acids is 1. The SMILES string of the molecule is Cc1ccc(C(N)C(=O)Nc2snc(C)c2C(=O)O)cc1. The standard InChI is InChI=1S/C14H15N3O3S/c1-7-3-5-9(6-4-7)11(15)12(18)16-13-10(14(19)20)8(2)17-21-13/h3-6,11H,15H2,1-2H3,(H,16,18)(H,19,20). The third-order valence-electron chi connectivity index (χ3n) is 3.03. The van der Waals surface area contributed by atoms with Gasteiger partial charge in [-0.25, -0.2) is 4.79 Å². The smallest absolute Gasteiger partial charge is 0.340 e. The van der Waals surface area contributed by atoms with Crippen LogP contribution in [0.5, 0.6) is 0 Å². The number of anilines is 1. The number of nitrogens with two attached hydrogens (primary N) is 1. The Morgan fingerprint density at radius 2 is 1.90 bits per heavy atom. The highest BCUT2D eigenvalue weighted by atomic mass is 32.1. The minimum absolute atomic E-state index is 0.00413. The highest BCUT2D eigenvalue weighted by Gasteiger charge is 2.22. The molecular formula is C14H15N3O3S. The van der Waals surface area contributed by atoms with Gasteiger partial charge in [0.05, 0.1) is 5.69 Å². The van der Waals surface area contributed by atoms with Crippen LogP contribution in [0.2, 0.25) is 0 Å². The Morgan fingerprint density at radius 3 is 2.48 bits per heavy atom. The Kier molecular flexibility index (Phi) is 4.35. The molecule has 21 heavy (non-hydrogen) atoms. The van der Waals surface area contributed by atoms with E-state index in [-0.39, 0.29) is 10.6 Å². The second kappa shape index (κ2) is 6.02. The molecule has 0 bridgehead atoms. The van der Waals surface area contributed by atoms with Crippen molar-refractivity contribution in [2.45, 2.75) is 19.9 Å². The summed E-state index contributed by atoms with van der Waals surface area (Å²) in [6.07, 6.45) is 0. The van der Waals surface area contributed by atoms with E-state index in [2.05, 4.69) is 9.69 Å². The third-order valence-corrected chi connectivity index (χ3v) is 3.89. The van der Waals surface area contributed by atoms with Gasteiger partial charge in [0, 0.05) is 0 Å². The van der Waals surface area contributed by atoms with Crippen LogP contribution < -0.4 is 11.1 Å². The van der Waals surface area contributed by atoms with Crippen LogP contribution in [0.15, 0.2) is 24.3 Å². The summed E-state index contributed by atoms with van der Waals surface area (Å²) in [6.45, 7) is 3.52. The van der Waals surface area contributed by atoms with E-state index in [0.717, 1.165) is 17.1 Å². The topological polar surface area (TPSA) is 105 Å². The molecule has 0 fully saturated rings. The molecule has 110 valence electrons. The maximum absolute atomic E-state index is 12.1. The van der Waals surface area contributed by atoms with Crippen molar-refractivity contribution in [1.82, 2.24) is 4.37 Å². The van der Waals surface area contributed by atoms with Crippen LogP contribution in [0.25, 0.3) is 0 Å². The average molecular weight is 305 g/mol. The van der Waals surface area contributed by atoms with Gasteiger partial charge >= 0.3 is 5.97 Å². The number of hydrogen-bond donors (Lipinski definition) is 3. The van der Waals surface area contributed by atoms with Gasteiger partial charge in [0.1, 0.15) is 16.6 Å². The lowest BCUT2D eigenvalue weighted by atomic mass is 10.1. The number of carbonyl (C=O) groups excluding carboxylic acids is 1. The van der Waals surface area contributed by atoms with Crippen LogP contribution in [0.1, 0.15) is 33.2 Å². The number of aromatic carboxylic acids is 1. The molecule has 1 aromatic carbocycles. The normalized spacial score (nSPS) is 12.0. The van der Waals surface area contributed by atoms with Crippen molar-refractivity contribution in [2.75, 3.05) is 5.32 Å². The maximum atomic E-state index is 12.1. The number of carbonyl (C=O) groups is 2. The molecular weight excluding hydrogens is 290 g/mol. The fourth-order valence-electron chi connectivity index (χ4n) is 1.82. The fourth-order valence-corrected chi connectivity index (χ4v) is 2.61. The lowest BCUT2D eigenvalue weighted by molar-refractivity contribution is -0.117. The summed E-state index contributed by atoms with van der Waals surface area (Å²) >= 11 is 0.930. The molecule has 1 unspecified atom stereocenters. The van der Waals surface area contributed by atoms with E-state index in [1.807, 2.05) is 19.1 Å².